The van der Waals surface area contributed by atoms with E-state index in [9.17, 15) is 14.5 Å². The number of nitro benzene ring substituents is 1. The number of anilines is 2. The van der Waals surface area contributed by atoms with E-state index < -0.39 is 4.92 Å². The van der Waals surface area contributed by atoms with Crippen LogP contribution in [0, 0.1) is 15.9 Å². The Bertz CT molecular complexity index is 961. The van der Waals surface area contributed by atoms with Gasteiger partial charge in [0.1, 0.15) is 0 Å². The van der Waals surface area contributed by atoms with Crippen LogP contribution in [0.3, 0.4) is 0 Å². The van der Waals surface area contributed by atoms with E-state index >= 15 is 0 Å². The van der Waals surface area contributed by atoms with Crippen molar-refractivity contribution in [2.24, 2.45) is 0 Å². The maximum atomic E-state index is 13.9. The van der Waals surface area contributed by atoms with Crippen LogP contribution in [0.1, 0.15) is 6.42 Å². The first-order valence-corrected chi connectivity index (χ1v) is 8.31. The molecule has 1 saturated heterocycles. The van der Waals surface area contributed by atoms with E-state index in [2.05, 4.69) is 20.4 Å². The number of rotatable bonds is 5. The number of hydrogen-bond acceptors (Lipinski definition) is 8. The fourth-order valence-corrected chi connectivity index (χ4v) is 2.99. The molecule has 10 heteroatoms. The molecule has 2 aromatic heterocycles. The fourth-order valence-electron chi connectivity index (χ4n) is 2.99. The molecule has 138 valence electrons. The molecule has 9 nitrogen and oxygen atoms in total. The van der Waals surface area contributed by atoms with Gasteiger partial charge in [-0.1, -0.05) is 5.16 Å². The average molecular weight is 370 g/mol. The third kappa shape index (κ3) is 3.54. The molecule has 1 aliphatic rings. The summed E-state index contributed by atoms with van der Waals surface area (Å²) in [5, 5.41) is 17.7. The lowest BCUT2D eigenvalue weighted by Gasteiger charge is -2.17. The summed E-state index contributed by atoms with van der Waals surface area (Å²) in [5.41, 5.74) is 0.606. The van der Waals surface area contributed by atoms with Crippen molar-refractivity contribution < 1.29 is 13.8 Å². The molecular weight excluding hydrogens is 355 g/mol. The molecule has 1 unspecified atom stereocenters. The van der Waals surface area contributed by atoms with Crippen LogP contribution in [0.2, 0.25) is 0 Å². The van der Waals surface area contributed by atoms with Crippen LogP contribution in [-0.4, -0.2) is 39.2 Å². The Hall–Kier alpha value is -3.56. The Morgan fingerprint density at radius 2 is 2.11 bits per heavy atom. The van der Waals surface area contributed by atoms with Crippen molar-refractivity contribution in [3.05, 3.63) is 58.5 Å². The molecule has 1 atom stereocenters. The molecule has 0 saturated carbocycles. The summed E-state index contributed by atoms with van der Waals surface area (Å²) in [6.07, 6.45) is 2.33. The van der Waals surface area contributed by atoms with E-state index in [1.165, 1.54) is 18.2 Å². The molecule has 3 heterocycles. The summed E-state index contributed by atoms with van der Waals surface area (Å²) in [4.78, 5) is 20.5. The van der Waals surface area contributed by atoms with Crippen LogP contribution >= 0.6 is 0 Å². The lowest BCUT2D eigenvalue weighted by molar-refractivity contribution is -0.384. The van der Waals surface area contributed by atoms with Crippen molar-refractivity contribution in [1.29, 1.82) is 0 Å². The molecule has 1 aromatic carbocycles. The SMILES string of the molecule is O=[N+]([O-])c1ccc(-c2noc(NC3CCN(c4ncccc4F)C3)n2)cc1. The molecule has 1 fully saturated rings. The third-order valence-corrected chi connectivity index (χ3v) is 4.32. The van der Waals surface area contributed by atoms with Crippen LogP contribution < -0.4 is 10.2 Å². The first-order valence-electron chi connectivity index (χ1n) is 8.31. The number of benzene rings is 1. The van der Waals surface area contributed by atoms with Gasteiger partial charge >= 0.3 is 6.01 Å². The molecule has 0 radical (unpaired) electrons. The number of halogens is 1. The van der Waals surface area contributed by atoms with Gasteiger partial charge in [0.05, 0.1) is 4.92 Å². The van der Waals surface area contributed by atoms with Gasteiger partial charge in [0.15, 0.2) is 11.6 Å². The molecule has 0 amide bonds. The predicted octanol–water partition coefficient (Wildman–Crippen LogP) is 2.87. The number of nitrogens with one attached hydrogen (secondary N) is 1. The van der Waals surface area contributed by atoms with E-state index in [4.69, 9.17) is 4.52 Å². The van der Waals surface area contributed by atoms with Crippen LogP contribution in [-0.2, 0) is 0 Å². The number of hydrogen-bond donors (Lipinski definition) is 1. The van der Waals surface area contributed by atoms with Crippen molar-refractivity contribution in [3.63, 3.8) is 0 Å². The summed E-state index contributed by atoms with van der Waals surface area (Å²) >= 11 is 0. The molecule has 1 aliphatic heterocycles. The highest BCUT2D eigenvalue weighted by Gasteiger charge is 2.26. The van der Waals surface area contributed by atoms with Crippen molar-refractivity contribution in [1.82, 2.24) is 15.1 Å². The zero-order valence-electron chi connectivity index (χ0n) is 14.1. The molecule has 0 bridgehead atoms. The summed E-state index contributed by atoms with van der Waals surface area (Å²) in [7, 11) is 0. The second kappa shape index (κ2) is 6.98. The average Bonchev–Trinajstić information content (AvgIpc) is 3.32. The Kier molecular flexibility index (Phi) is 4.37. The molecule has 0 spiro atoms. The summed E-state index contributed by atoms with van der Waals surface area (Å²) in [5.74, 6) is 0.313. The summed E-state index contributed by atoms with van der Waals surface area (Å²) < 4.78 is 19.1. The molecule has 3 aromatic rings. The standard InChI is InChI=1S/C17H15FN6O3/c18-14-2-1-8-19-16(14)23-9-7-12(10-23)20-17-21-15(22-27-17)11-3-5-13(6-4-11)24(25)26/h1-6,8,12H,7,9-10H2,(H,20,21,22). The molecule has 27 heavy (non-hydrogen) atoms. The van der Waals surface area contributed by atoms with E-state index in [0.717, 1.165) is 6.42 Å². The van der Waals surface area contributed by atoms with Crippen molar-refractivity contribution in [3.8, 4) is 11.4 Å². The summed E-state index contributed by atoms with van der Waals surface area (Å²) in [6.45, 7) is 1.22. The normalized spacial score (nSPS) is 16.5. The molecule has 4 rings (SSSR count). The van der Waals surface area contributed by atoms with E-state index in [1.807, 2.05) is 4.90 Å². The van der Waals surface area contributed by atoms with Crippen molar-refractivity contribution >= 4 is 17.5 Å². The van der Waals surface area contributed by atoms with Crippen molar-refractivity contribution in [2.45, 2.75) is 12.5 Å². The first-order chi connectivity index (χ1) is 13.1. The number of pyridine rings is 1. The Balaban J connectivity index is 1.41. The lowest BCUT2D eigenvalue weighted by atomic mass is 10.2. The Morgan fingerprint density at radius 3 is 2.85 bits per heavy atom. The molecular formula is C17H15FN6O3. The first kappa shape index (κ1) is 16.9. The Morgan fingerprint density at radius 1 is 1.30 bits per heavy atom. The highest BCUT2D eigenvalue weighted by Crippen LogP contribution is 2.24. The highest BCUT2D eigenvalue weighted by molar-refractivity contribution is 5.57. The largest absolute Gasteiger partial charge is 0.352 e. The number of aromatic nitrogens is 3. The zero-order chi connectivity index (χ0) is 18.8. The van der Waals surface area contributed by atoms with Gasteiger partial charge in [-0.15, -0.1) is 0 Å². The van der Waals surface area contributed by atoms with Gasteiger partial charge in [0, 0.05) is 43.0 Å². The number of nitrogens with zero attached hydrogens (tertiary/aromatic N) is 5. The monoisotopic (exact) mass is 370 g/mol. The lowest BCUT2D eigenvalue weighted by Crippen LogP contribution is -2.27. The Labute approximate surface area is 153 Å². The summed E-state index contributed by atoms with van der Waals surface area (Å²) in [6, 6.07) is 9.10. The minimum absolute atomic E-state index is 0.00612. The second-order valence-corrected chi connectivity index (χ2v) is 6.11. The van der Waals surface area contributed by atoms with Crippen LogP contribution in [0.15, 0.2) is 47.1 Å². The minimum Gasteiger partial charge on any atom is -0.352 e. The van der Waals surface area contributed by atoms with Gasteiger partial charge in [-0.25, -0.2) is 9.37 Å². The predicted molar refractivity (Wildman–Crippen MR) is 94.8 cm³/mol. The maximum absolute atomic E-state index is 13.9. The van der Waals surface area contributed by atoms with E-state index in [0.29, 0.717) is 30.3 Å². The van der Waals surface area contributed by atoms with Crippen molar-refractivity contribution in [2.75, 3.05) is 23.3 Å². The van der Waals surface area contributed by atoms with Gasteiger partial charge in [-0.2, -0.15) is 4.98 Å². The van der Waals surface area contributed by atoms with Crippen LogP contribution in [0.5, 0.6) is 0 Å². The van der Waals surface area contributed by atoms with Crippen LogP contribution in [0.4, 0.5) is 21.9 Å². The maximum Gasteiger partial charge on any atom is 0.322 e. The second-order valence-electron chi connectivity index (χ2n) is 6.11. The van der Waals surface area contributed by atoms with Gasteiger partial charge in [0.2, 0.25) is 5.82 Å². The number of non-ortho nitro benzene ring substituents is 1. The molecule has 0 aliphatic carbocycles. The van der Waals surface area contributed by atoms with Gasteiger partial charge in [0.25, 0.3) is 5.69 Å². The van der Waals surface area contributed by atoms with E-state index in [1.54, 1.807) is 24.4 Å². The minimum atomic E-state index is -0.469. The van der Waals surface area contributed by atoms with E-state index in [-0.39, 0.29) is 23.6 Å². The fraction of sp³-hybridized carbons (Fsp3) is 0.235. The molecule has 1 N–H and O–H groups in total. The van der Waals surface area contributed by atoms with Gasteiger partial charge < -0.3 is 14.7 Å². The third-order valence-electron chi connectivity index (χ3n) is 4.32. The zero-order valence-corrected chi connectivity index (χ0v) is 14.1. The van der Waals surface area contributed by atoms with Gasteiger partial charge in [-0.05, 0) is 30.7 Å². The smallest absolute Gasteiger partial charge is 0.322 e. The van der Waals surface area contributed by atoms with Gasteiger partial charge in [-0.3, -0.25) is 10.1 Å². The topological polar surface area (TPSA) is 110 Å². The van der Waals surface area contributed by atoms with Crippen LogP contribution in [0.25, 0.3) is 11.4 Å². The highest BCUT2D eigenvalue weighted by atomic mass is 19.1. The number of nitro groups is 1. The quantitative estimate of drug-likeness (QED) is 0.539.